The summed E-state index contributed by atoms with van der Waals surface area (Å²) in [7, 11) is -2.35. The standard InChI is InChI=1S/C14H20N2O4S/c1-16(10-9-14(17)18)21(19,20)15-13-8-4-6-11-5-2-3-7-12(11)13/h4,6,8,15H,2-3,5,7,9-10H2,1H3,(H,17,18). The number of hydrogen-bond donors (Lipinski definition) is 2. The normalized spacial score (nSPS) is 14.8. The number of hydrogen-bond acceptors (Lipinski definition) is 3. The number of anilines is 1. The molecule has 21 heavy (non-hydrogen) atoms. The van der Waals surface area contributed by atoms with Gasteiger partial charge in [-0.25, -0.2) is 0 Å². The van der Waals surface area contributed by atoms with Gasteiger partial charge in [-0.1, -0.05) is 12.1 Å². The molecule has 0 aromatic heterocycles. The SMILES string of the molecule is CN(CCC(=O)O)S(=O)(=O)Nc1cccc2c1CCCC2. The van der Waals surface area contributed by atoms with Crippen LogP contribution in [0, 0.1) is 0 Å². The van der Waals surface area contributed by atoms with E-state index in [-0.39, 0.29) is 13.0 Å². The summed E-state index contributed by atoms with van der Waals surface area (Å²) in [5.41, 5.74) is 2.85. The fraction of sp³-hybridized carbons (Fsp3) is 0.500. The third-order valence-corrected chi connectivity index (χ3v) is 5.17. The van der Waals surface area contributed by atoms with Gasteiger partial charge in [-0.2, -0.15) is 12.7 Å². The Morgan fingerprint density at radius 3 is 2.76 bits per heavy atom. The molecular weight excluding hydrogens is 292 g/mol. The molecule has 0 amide bonds. The molecule has 1 aliphatic carbocycles. The lowest BCUT2D eigenvalue weighted by molar-refractivity contribution is -0.137. The van der Waals surface area contributed by atoms with E-state index >= 15 is 0 Å². The van der Waals surface area contributed by atoms with Gasteiger partial charge in [-0.3, -0.25) is 9.52 Å². The first kappa shape index (κ1) is 15.8. The molecule has 116 valence electrons. The molecule has 0 spiro atoms. The average Bonchev–Trinajstić information content (AvgIpc) is 2.44. The Morgan fingerprint density at radius 1 is 1.33 bits per heavy atom. The number of carbonyl (C=O) groups is 1. The van der Waals surface area contributed by atoms with E-state index in [1.165, 1.54) is 12.6 Å². The van der Waals surface area contributed by atoms with Gasteiger partial charge >= 0.3 is 16.2 Å². The fourth-order valence-electron chi connectivity index (χ4n) is 2.47. The number of benzene rings is 1. The molecule has 0 atom stereocenters. The van der Waals surface area contributed by atoms with Crippen molar-refractivity contribution in [2.75, 3.05) is 18.3 Å². The predicted octanol–water partition coefficient (Wildman–Crippen LogP) is 1.63. The lowest BCUT2D eigenvalue weighted by Gasteiger charge is -2.22. The molecule has 0 bridgehead atoms. The van der Waals surface area contributed by atoms with Crippen molar-refractivity contribution in [3.05, 3.63) is 29.3 Å². The summed E-state index contributed by atoms with van der Waals surface area (Å²) in [6.45, 7) is -0.0559. The van der Waals surface area contributed by atoms with Crippen LogP contribution >= 0.6 is 0 Å². The number of carboxylic acids is 1. The van der Waals surface area contributed by atoms with Crippen LogP contribution in [-0.4, -0.2) is 37.4 Å². The van der Waals surface area contributed by atoms with Gasteiger partial charge in [0.2, 0.25) is 0 Å². The van der Waals surface area contributed by atoms with E-state index in [4.69, 9.17) is 5.11 Å². The summed E-state index contributed by atoms with van der Waals surface area (Å²) < 4.78 is 28.0. The van der Waals surface area contributed by atoms with E-state index in [0.717, 1.165) is 35.6 Å². The second-order valence-corrected chi connectivity index (χ2v) is 7.00. The van der Waals surface area contributed by atoms with E-state index in [1.54, 1.807) is 6.07 Å². The maximum atomic E-state index is 12.2. The summed E-state index contributed by atoms with van der Waals surface area (Å²) in [6, 6.07) is 5.63. The van der Waals surface area contributed by atoms with E-state index < -0.39 is 16.2 Å². The molecule has 2 rings (SSSR count). The molecule has 0 heterocycles. The van der Waals surface area contributed by atoms with Crippen molar-refractivity contribution in [3.63, 3.8) is 0 Å². The Morgan fingerprint density at radius 2 is 2.05 bits per heavy atom. The summed E-state index contributed by atoms with van der Waals surface area (Å²) in [5, 5.41) is 8.63. The second-order valence-electron chi connectivity index (χ2n) is 5.22. The van der Waals surface area contributed by atoms with Crippen molar-refractivity contribution in [1.82, 2.24) is 4.31 Å². The zero-order valence-corrected chi connectivity index (χ0v) is 12.8. The minimum atomic E-state index is -3.72. The van der Waals surface area contributed by atoms with Crippen molar-refractivity contribution in [1.29, 1.82) is 0 Å². The topological polar surface area (TPSA) is 86.7 Å². The van der Waals surface area contributed by atoms with Crippen LogP contribution in [0.4, 0.5) is 5.69 Å². The molecule has 1 aromatic rings. The first-order valence-electron chi connectivity index (χ1n) is 6.97. The highest BCUT2D eigenvalue weighted by Gasteiger charge is 2.21. The Kier molecular flexibility index (Phi) is 4.84. The van der Waals surface area contributed by atoms with Gasteiger partial charge in [0.05, 0.1) is 12.1 Å². The summed E-state index contributed by atoms with van der Waals surface area (Å²) in [4.78, 5) is 10.5. The molecule has 0 fully saturated rings. The quantitative estimate of drug-likeness (QED) is 0.836. The van der Waals surface area contributed by atoms with Crippen molar-refractivity contribution in [2.45, 2.75) is 32.1 Å². The monoisotopic (exact) mass is 312 g/mol. The van der Waals surface area contributed by atoms with E-state index in [1.807, 2.05) is 12.1 Å². The number of carboxylic acid groups (broad SMARTS) is 1. The summed E-state index contributed by atoms with van der Waals surface area (Å²) in [5.74, 6) is -1.02. The Labute approximate surface area is 125 Å². The second kappa shape index (κ2) is 6.44. The number of rotatable bonds is 6. The number of nitrogens with one attached hydrogen (secondary N) is 1. The average molecular weight is 312 g/mol. The molecule has 1 aromatic carbocycles. The van der Waals surface area contributed by atoms with Gasteiger partial charge in [0, 0.05) is 13.6 Å². The minimum absolute atomic E-state index is 0.0559. The number of aliphatic carboxylic acids is 1. The van der Waals surface area contributed by atoms with Crippen LogP contribution in [0.2, 0.25) is 0 Å². The van der Waals surface area contributed by atoms with Crippen LogP contribution in [0.5, 0.6) is 0 Å². The lowest BCUT2D eigenvalue weighted by atomic mass is 9.91. The number of nitrogens with zero attached hydrogens (tertiary/aromatic N) is 1. The van der Waals surface area contributed by atoms with Gasteiger partial charge in [-0.15, -0.1) is 0 Å². The first-order valence-corrected chi connectivity index (χ1v) is 8.41. The van der Waals surface area contributed by atoms with E-state index in [0.29, 0.717) is 5.69 Å². The van der Waals surface area contributed by atoms with Crippen molar-refractivity contribution < 1.29 is 18.3 Å². The zero-order chi connectivity index (χ0) is 15.5. The van der Waals surface area contributed by atoms with Crippen LogP contribution in [0.3, 0.4) is 0 Å². The molecule has 0 saturated heterocycles. The smallest absolute Gasteiger partial charge is 0.304 e. The maximum absolute atomic E-state index is 12.2. The number of aryl methyl sites for hydroxylation is 1. The van der Waals surface area contributed by atoms with E-state index in [2.05, 4.69) is 4.72 Å². The van der Waals surface area contributed by atoms with Crippen LogP contribution in [-0.2, 0) is 27.8 Å². The third kappa shape index (κ3) is 3.95. The van der Waals surface area contributed by atoms with Crippen molar-refractivity contribution in [3.8, 4) is 0 Å². The minimum Gasteiger partial charge on any atom is -0.481 e. The van der Waals surface area contributed by atoms with Crippen LogP contribution in [0.1, 0.15) is 30.4 Å². The highest BCUT2D eigenvalue weighted by molar-refractivity contribution is 7.90. The number of fused-ring (bicyclic) bond motifs is 1. The third-order valence-electron chi connectivity index (χ3n) is 3.69. The Balaban J connectivity index is 2.15. The predicted molar refractivity (Wildman–Crippen MR) is 80.5 cm³/mol. The van der Waals surface area contributed by atoms with E-state index in [9.17, 15) is 13.2 Å². The van der Waals surface area contributed by atoms with Crippen LogP contribution in [0.15, 0.2) is 18.2 Å². The highest BCUT2D eigenvalue weighted by Crippen LogP contribution is 2.28. The molecule has 1 aliphatic rings. The van der Waals surface area contributed by atoms with Gasteiger partial charge in [0.25, 0.3) is 0 Å². The molecule has 0 unspecified atom stereocenters. The van der Waals surface area contributed by atoms with Gasteiger partial charge in [0.15, 0.2) is 0 Å². The maximum Gasteiger partial charge on any atom is 0.304 e. The Bertz CT molecular complexity index is 628. The molecule has 6 nitrogen and oxygen atoms in total. The first-order chi connectivity index (χ1) is 9.90. The largest absolute Gasteiger partial charge is 0.481 e. The van der Waals surface area contributed by atoms with Gasteiger partial charge in [0.1, 0.15) is 0 Å². The Hall–Kier alpha value is -1.60. The van der Waals surface area contributed by atoms with Crippen molar-refractivity contribution >= 4 is 21.9 Å². The molecule has 0 radical (unpaired) electrons. The molecular formula is C14H20N2O4S. The summed E-state index contributed by atoms with van der Waals surface area (Å²) in [6.07, 6.45) is 3.80. The fourth-order valence-corrected chi connectivity index (χ4v) is 3.42. The van der Waals surface area contributed by atoms with Crippen molar-refractivity contribution in [2.24, 2.45) is 0 Å². The summed E-state index contributed by atoms with van der Waals surface area (Å²) >= 11 is 0. The molecule has 7 heteroatoms. The zero-order valence-electron chi connectivity index (χ0n) is 12.0. The van der Waals surface area contributed by atoms with Crippen LogP contribution in [0.25, 0.3) is 0 Å². The van der Waals surface area contributed by atoms with Gasteiger partial charge < -0.3 is 5.11 Å². The van der Waals surface area contributed by atoms with Gasteiger partial charge in [-0.05, 0) is 42.9 Å². The molecule has 0 aliphatic heterocycles. The lowest BCUT2D eigenvalue weighted by Crippen LogP contribution is -2.34. The molecule has 2 N–H and O–H groups in total. The molecule has 0 saturated carbocycles. The highest BCUT2D eigenvalue weighted by atomic mass is 32.2. The van der Waals surface area contributed by atoms with Crippen LogP contribution < -0.4 is 4.72 Å².